The van der Waals surface area contributed by atoms with Crippen LogP contribution in [0.1, 0.15) is 11.1 Å². The van der Waals surface area contributed by atoms with Crippen molar-refractivity contribution in [2.75, 3.05) is 0 Å². The predicted octanol–water partition coefficient (Wildman–Crippen LogP) is 2.29. The van der Waals surface area contributed by atoms with Gasteiger partial charge in [-0.1, -0.05) is 17.7 Å². The van der Waals surface area contributed by atoms with Gasteiger partial charge in [0.15, 0.2) is 0 Å². The fourth-order valence-electron chi connectivity index (χ4n) is 1.81. The molecule has 2 rings (SSSR count). The van der Waals surface area contributed by atoms with Crippen LogP contribution in [-0.4, -0.2) is 26.9 Å². The van der Waals surface area contributed by atoms with Gasteiger partial charge in [-0.05, 0) is 22.9 Å². The first-order valence-electron chi connectivity index (χ1n) is 5.29. The molecule has 0 N–H and O–H groups in total. The van der Waals surface area contributed by atoms with Gasteiger partial charge in [0.05, 0.1) is 38.6 Å². The summed E-state index contributed by atoms with van der Waals surface area (Å²) in [6.07, 6.45) is 2.72. The third-order valence-electron chi connectivity index (χ3n) is 2.77. The molecule has 100 valence electrons. The summed E-state index contributed by atoms with van der Waals surface area (Å²) in [7, 11) is 13.4. The minimum atomic E-state index is -4.02. The number of hydrogen-bond acceptors (Lipinski definition) is 2. The molecule has 0 aliphatic heterocycles. The molecule has 0 fully saturated rings. The van der Waals surface area contributed by atoms with Crippen LogP contribution in [0, 0.1) is 5.82 Å². The van der Waals surface area contributed by atoms with Gasteiger partial charge in [-0.25, -0.2) is 12.8 Å². The minimum absolute atomic E-state index is 0.0903. The van der Waals surface area contributed by atoms with E-state index in [9.17, 15) is 12.8 Å². The molecule has 2 aromatic rings. The van der Waals surface area contributed by atoms with E-state index in [1.54, 1.807) is 0 Å². The quantitative estimate of drug-likeness (QED) is 0.435. The van der Waals surface area contributed by atoms with E-state index in [1.807, 2.05) is 22.9 Å². The fraction of sp³-hybridized carbons (Fsp3) is 0.0909. The molecular formula is C11H6B2ClFINO2S. The summed E-state index contributed by atoms with van der Waals surface area (Å²) in [5, 5.41) is -1.68. The molecule has 0 aliphatic rings. The number of hydrogen-bond donors (Lipinski definition) is 0. The minimum Gasteiger partial charge on any atom is -0.296 e. The summed E-state index contributed by atoms with van der Waals surface area (Å²) in [4.78, 5) is -0.206. The second-order valence-electron chi connectivity index (χ2n) is 4.20. The van der Waals surface area contributed by atoms with Gasteiger partial charge < -0.3 is 0 Å². The lowest BCUT2D eigenvalue weighted by atomic mass is 9.48. The molecule has 0 amide bonds. The maximum Gasteiger partial charge on any atom is 0.263 e. The third kappa shape index (κ3) is 3.07. The topological polar surface area (TPSA) is 39.1 Å². The predicted molar refractivity (Wildman–Crippen MR) is 85.6 cm³/mol. The molecule has 0 bridgehead atoms. The molecule has 20 heavy (non-hydrogen) atoms. The van der Waals surface area contributed by atoms with E-state index >= 15 is 0 Å². The Morgan fingerprint density at radius 3 is 2.50 bits per heavy atom. The summed E-state index contributed by atoms with van der Waals surface area (Å²) in [5.41, 5.74) is 0.328. The Bertz CT molecular complexity index is 764. The summed E-state index contributed by atoms with van der Waals surface area (Å²) in [6, 6.07) is 5.34. The Labute approximate surface area is 137 Å². The van der Waals surface area contributed by atoms with Crippen LogP contribution in [0.4, 0.5) is 4.39 Å². The van der Waals surface area contributed by atoms with Crippen molar-refractivity contribution in [2.24, 2.45) is 0 Å². The van der Waals surface area contributed by atoms with Crippen molar-refractivity contribution < 1.29 is 12.8 Å². The Morgan fingerprint density at radius 2 is 1.95 bits per heavy atom. The molecule has 3 nitrogen and oxygen atoms in total. The van der Waals surface area contributed by atoms with Crippen LogP contribution in [0.15, 0.2) is 41.6 Å². The van der Waals surface area contributed by atoms with E-state index in [4.69, 9.17) is 26.4 Å². The van der Waals surface area contributed by atoms with E-state index in [0.29, 0.717) is 0 Å². The highest BCUT2D eigenvalue weighted by molar-refractivity contribution is 14.1. The molecule has 0 spiro atoms. The summed E-state index contributed by atoms with van der Waals surface area (Å²) < 4.78 is 37.9. The van der Waals surface area contributed by atoms with Crippen molar-refractivity contribution in [3.8, 4) is 0 Å². The Hall–Kier alpha value is -0.470. The lowest BCUT2D eigenvalue weighted by Gasteiger charge is -2.26. The van der Waals surface area contributed by atoms with E-state index in [2.05, 4.69) is 0 Å². The van der Waals surface area contributed by atoms with Gasteiger partial charge in [0.2, 0.25) is 0 Å². The zero-order valence-corrected chi connectivity index (χ0v) is 13.7. The molecule has 9 heteroatoms. The summed E-state index contributed by atoms with van der Waals surface area (Å²) >= 11 is 1.84. The lowest BCUT2D eigenvalue weighted by molar-refractivity contribution is 0.608. The van der Waals surface area contributed by atoms with Gasteiger partial charge in [0, 0.05) is 23.1 Å². The van der Waals surface area contributed by atoms with Crippen molar-refractivity contribution in [3.63, 3.8) is 0 Å². The molecule has 1 heterocycles. The molecule has 0 saturated heterocycles. The highest BCUT2D eigenvalue weighted by atomic mass is 127. The van der Waals surface area contributed by atoms with E-state index in [1.165, 1.54) is 33.4 Å². The van der Waals surface area contributed by atoms with Crippen molar-refractivity contribution in [3.05, 3.63) is 53.6 Å². The Morgan fingerprint density at radius 1 is 1.30 bits per heavy atom. The maximum atomic E-state index is 13.3. The van der Waals surface area contributed by atoms with Crippen LogP contribution in [0.25, 0.3) is 0 Å². The summed E-state index contributed by atoms with van der Waals surface area (Å²) in [6.45, 7) is 0. The zero-order valence-electron chi connectivity index (χ0n) is 9.92. The highest BCUT2D eigenvalue weighted by Crippen LogP contribution is 2.34. The average Bonchev–Trinajstić information content (AvgIpc) is 2.72. The Kier molecular flexibility index (Phi) is 4.28. The van der Waals surface area contributed by atoms with Gasteiger partial charge in [0.25, 0.3) is 9.05 Å². The SMILES string of the molecule is [B]C([B])(c1cccc(F)c1)c1cn(I)cc1S(=O)(=O)Cl. The van der Waals surface area contributed by atoms with Crippen LogP contribution < -0.4 is 0 Å². The third-order valence-corrected chi connectivity index (χ3v) is 4.68. The van der Waals surface area contributed by atoms with Crippen LogP contribution in [0.5, 0.6) is 0 Å². The normalized spacial score (nSPS) is 12.6. The largest absolute Gasteiger partial charge is 0.296 e. The number of rotatable bonds is 3. The van der Waals surface area contributed by atoms with Crippen molar-refractivity contribution >= 4 is 58.3 Å². The van der Waals surface area contributed by atoms with E-state index in [0.717, 1.165) is 6.07 Å². The van der Waals surface area contributed by atoms with E-state index in [-0.39, 0.29) is 16.0 Å². The molecule has 1 aromatic heterocycles. The number of benzene rings is 1. The van der Waals surface area contributed by atoms with Crippen molar-refractivity contribution in [2.45, 2.75) is 10.1 Å². The molecule has 1 aromatic carbocycles. The first-order chi connectivity index (χ1) is 9.12. The standard InChI is InChI=1S/C11H6B2ClFINO2S/c12-11(13,7-2-1-3-8(15)4-7)9-5-17(16)6-10(9)20(14,18)19/h1-6H. The lowest BCUT2D eigenvalue weighted by Crippen LogP contribution is -2.29. The smallest absolute Gasteiger partial charge is 0.263 e. The van der Waals surface area contributed by atoms with Gasteiger partial charge in [0.1, 0.15) is 10.7 Å². The average molecular weight is 419 g/mol. The first kappa shape index (κ1) is 15.9. The second kappa shape index (κ2) is 5.38. The van der Waals surface area contributed by atoms with Crippen molar-refractivity contribution in [1.29, 1.82) is 0 Å². The van der Waals surface area contributed by atoms with Gasteiger partial charge in [-0.2, -0.15) is 0 Å². The summed E-state index contributed by atoms with van der Waals surface area (Å²) in [5.74, 6) is -0.521. The zero-order chi connectivity index (χ0) is 15.1. The highest BCUT2D eigenvalue weighted by Gasteiger charge is 2.30. The van der Waals surface area contributed by atoms with Gasteiger partial charge in [-0.15, -0.1) is 0 Å². The molecule has 0 aliphatic carbocycles. The maximum absolute atomic E-state index is 13.3. The van der Waals surface area contributed by atoms with Gasteiger partial charge in [-0.3, -0.25) is 2.78 Å². The molecule has 4 radical (unpaired) electrons. The molecule has 0 unspecified atom stereocenters. The number of aromatic nitrogens is 1. The van der Waals surface area contributed by atoms with Crippen LogP contribution >= 0.6 is 33.5 Å². The molecule has 0 saturated carbocycles. The van der Waals surface area contributed by atoms with E-state index < -0.39 is 20.1 Å². The fourth-order valence-corrected chi connectivity index (χ4v) is 3.65. The second-order valence-corrected chi connectivity index (χ2v) is 7.85. The van der Waals surface area contributed by atoms with Crippen LogP contribution in [0.2, 0.25) is 0 Å². The van der Waals surface area contributed by atoms with Gasteiger partial charge >= 0.3 is 0 Å². The molecular weight excluding hydrogens is 413 g/mol. The Balaban J connectivity index is 2.66. The number of nitrogens with zero attached hydrogens (tertiary/aromatic N) is 1. The monoisotopic (exact) mass is 419 g/mol. The number of halogens is 3. The van der Waals surface area contributed by atoms with Crippen molar-refractivity contribution in [1.82, 2.24) is 2.78 Å². The molecule has 0 atom stereocenters. The van der Waals surface area contributed by atoms with Crippen LogP contribution in [-0.2, 0) is 14.3 Å². The van der Waals surface area contributed by atoms with Crippen LogP contribution in [0.3, 0.4) is 0 Å². The first-order valence-corrected chi connectivity index (χ1v) is 8.57.